The summed E-state index contributed by atoms with van der Waals surface area (Å²) in [6, 6.07) is 4.45. The minimum atomic E-state index is -2.84. The highest BCUT2D eigenvalue weighted by molar-refractivity contribution is 6.28. The molecule has 0 aliphatic carbocycles. The average Bonchev–Trinajstić information content (AvgIpc) is 2.58. The second-order valence-electron chi connectivity index (χ2n) is 6.89. The van der Waals surface area contributed by atoms with Gasteiger partial charge in [0.05, 0.1) is 18.0 Å². The second kappa shape index (κ2) is 9.09. The highest BCUT2D eigenvalue weighted by atomic mass is 35.5. The summed E-state index contributed by atoms with van der Waals surface area (Å²) in [5, 5.41) is -0.00663. The Labute approximate surface area is 166 Å². The molecule has 2 rings (SSSR count). The molecule has 2 aromatic rings. The van der Waals surface area contributed by atoms with Crippen LogP contribution in [0.5, 0.6) is 5.75 Å². The number of nitrogens with zero attached hydrogens (tertiary/aromatic N) is 3. The zero-order valence-corrected chi connectivity index (χ0v) is 16.4. The van der Waals surface area contributed by atoms with Crippen molar-refractivity contribution in [1.29, 1.82) is 0 Å². The minimum absolute atomic E-state index is 0.00663. The average molecular weight is 415 g/mol. The highest BCUT2D eigenvalue weighted by Gasteiger charge is 2.25. The van der Waals surface area contributed by atoms with Crippen LogP contribution in [0.3, 0.4) is 0 Å². The number of amides is 1. The number of hydrogen-bond donors (Lipinski definition) is 1. The first kappa shape index (κ1) is 21.7. The fourth-order valence-corrected chi connectivity index (χ4v) is 2.95. The number of aromatic nitrogens is 3. The Morgan fingerprint density at radius 3 is 2.54 bits per heavy atom. The number of alkyl halides is 2. The molecule has 0 bridgehead atoms. The van der Waals surface area contributed by atoms with Gasteiger partial charge in [0.15, 0.2) is 0 Å². The van der Waals surface area contributed by atoms with Crippen molar-refractivity contribution in [3.05, 3.63) is 35.4 Å². The molecule has 2 heterocycles. The van der Waals surface area contributed by atoms with Gasteiger partial charge in [0.25, 0.3) is 6.43 Å². The van der Waals surface area contributed by atoms with Crippen LogP contribution in [0.15, 0.2) is 24.4 Å². The summed E-state index contributed by atoms with van der Waals surface area (Å²) < 4.78 is 37.5. The van der Waals surface area contributed by atoms with Gasteiger partial charge < -0.3 is 15.2 Å². The summed E-state index contributed by atoms with van der Waals surface area (Å²) in [4.78, 5) is 22.6. The molecule has 2 N–H and O–H groups in total. The standard InChI is InChI=1S/C18H21ClF2N4O3/c1-10(8-18(2,3)28-17(22)26)9-27-13-5-4-11(24-14(13)15(20)21)12-6-7-23-16(19)25-12/h4-7,10,15H,8-9H2,1-3H3,(H2,22,26)/t10-/m0/s1. The van der Waals surface area contributed by atoms with Gasteiger partial charge in [-0.1, -0.05) is 6.92 Å². The van der Waals surface area contributed by atoms with Crippen molar-refractivity contribution in [2.75, 3.05) is 6.61 Å². The molecule has 0 aromatic carbocycles. The summed E-state index contributed by atoms with van der Waals surface area (Å²) in [7, 11) is 0. The van der Waals surface area contributed by atoms with E-state index in [-0.39, 0.29) is 29.3 Å². The first-order chi connectivity index (χ1) is 13.1. The van der Waals surface area contributed by atoms with Gasteiger partial charge in [0.2, 0.25) is 5.28 Å². The molecular formula is C18H21ClF2N4O3. The Morgan fingerprint density at radius 2 is 1.93 bits per heavy atom. The van der Waals surface area contributed by atoms with Crippen molar-refractivity contribution < 1.29 is 23.0 Å². The number of halogens is 3. The number of rotatable bonds is 8. The van der Waals surface area contributed by atoms with Crippen LogP contribution < -0.4 is 10.5 Å². The first-order valence-corrected chi connectivity index (χ1v) is 8.84. The molecule has 152 valence electrons. The molecule has 0 fully saturated rings. The van der Waals surface area contributed by atoms with Crippen LogP contribution >= 0.6 is 11.6 Å². The van der Waals surface area contributed by atoms with E-state index in [0.717, 1.165) is 0 Å². The lowest BCUT2D eigenvalue weighted by Crippen LogP contribution is -2.33. The largest absolute Gasteiger partial charge is 0.491 e. The van der Waals surface area contributed by atoms with E-state index in [2.05, 4.69) is 15.0 Å². The predicted molar refractivity (Wildman–Crippen MR) is 99.3 cm³/mol. The molecule has 2 aromatic heterocycles. The molecule has 0 spiro atoms. The molecule has 10 heteroatoms. The third-order valence-electron chi connectivity index (χ3n) is 3.72. The fraction of sp³-hybridized carbons (Fsp3) is 0.444. The second-order valence-corrected chi connectivity index (χ2v) is 7.23. The lowest BCUT2D eigenvalue weighted by molar-refractivity contribution is 0.0224. The zero-order chi connectivity index (χ0) is 20.9. The molecule has 1 atom stereocenters. The van der Waals surface area contributed by atoms with Crippen LogP contribution in [0.25, 0.3) is 11.4 Å². The molecule has 7 nitrogen and oxygen atoms in total. The Morgan fingerprint density at radius 1 is 1.25 bits per heavy atom. The van der Waals surface area contributed by atoms with E-state index in [1.54, 1.807) is 13.8 Å². The Bertz CT molecular complexity index is 836. The number of nitrogens with two attached hydrogens (primary N) is 1. The summed E-state index contributed by atoms with van der Waals surface area (Å²) in [6.45, 7) is 5.40. The van der Waals surface area contributed by atoms with Gasteiger partial charge in [-0.25, -0.2) is 28.5 Å². The monoisotopic (exact) mass is 414 g/mol. The lowest BCUT2D eigenvalue weighted by atomic mass is 9.95. The Kier molecular flexibility index (Phi) is 7.06. The maximum absolute atomic E-state index is 13.5. The third kappa shape index (κ3) is 6.26. The van der Waals surface area contributed by atoms with Crippen LogP contribution in [-0.2, 0) is 4.74 Å². The number of ether oxygens (including phenoxy) is 2. The summed E-state index contributed by atoms with van der Waals surface area (Å²) in [5.74, 6) is -0.125. The fourth-order valence-electron chi connectivity index (χ4n) is 2.80. The molecule has 0 unspecified atom stereocenters. The van der Waals surface area contributed by atoms with Gasteiger partial charge in [-0.3, -0.25) is 0 Å². The quantitative estimate of drug-likeness (QED) is 0.642. The maximum Gasteiger partial charge on any atom is 0.405 e. The number of pyridine rings is 1. The van der Waals surface area contributed by atoms with Gasteiger partial charge in [0, 0.05) is 6.20 Å². The molecule has 0 radical (unpaired) electrons. The van der Waals surface area contributed by atoms with Crippen LogP contribution in [0.2, 0.25) is 5.28 Å². The molecule has 0 aliphatic rings. The number of carbonyl (C=O) groups is 1. The van der Waals surface area contributed by atoms with Crippen molar-refractivity contribution in [2.45, 2.75) is 39.2 Å². The third-order valence-corrected chi connectivity index (χ3v) is 3.90. The molecular weight excluding hydrogens is 394 g/mol. The van der Waals surface area contributed by atoms with E-state index in [9.17, 15) is 13.6 Å². The summed E-state index contributed by atoms with van der Waals surface area (Å²) in [5.41, 5.74) is 4.31. The normalized spacial score (nSPS) is 12.7. The number of primary amides is 1. The smallest absolute Gasteiger partial charge is 0.405 e. The van der Waals surface area contributed by atoms with Crippen molar-refractivity contribution in [2.24, 2.45) is 11.7 Å². The van der Waals surface area contributed by atoms with Crippen molar-refractivity contribution in [3.8, 4) is 17.1 Å². The number of carbonyl (C=O) groups excluding carboxylic acids is 1. The lowest BCUT2D eigenvalue weighted by Gasteiger charge is -2.27. The van der Waals surface area contributed by atoms with Gasteiger partial charge in [-0.05, 0) is 56.0 Å². The van der Waals surface area contributed by atoms with E-state index < -0.39 is 23.8 Å². The van der Waals surface area contributed by atoms with E-state index >= 15 is 0 Å². The van der Waals surface area contributed by atoms with Gasteiger partial charge in [-0.15, -0.1) is 0 Å². The van der Waals surface area contributed by atoms with Crippen LogP contribution in [-0.4, -0.2) is 33.3 Å². The van der Waals surface area contributed by atoms with Crippen LogP contribution in [0, 0.1) is 5.92 Å². The SMILES string of the molecule is C[C@H](COc1ccc(-c2ccnc(Cl)n2)nc1C(F)F)CC(C)(C)OC(N)=O. The first-order valence-electron chi connectivity index (χ1n) is 8.46. The molecule has 28 heavy (non-hydrogen) atoms. The topological polar surface area (TPSA) is 100 Å². The molecule has 0 saturated carbocycles. The molecule has 1 amide bonds. The van der Waals surface area contributed by atoms with Crippen molar-refractivity contribution in [1.82, 2.24) is 15.0 Å². The number of hydrogen-bond acceptors (Lipinski definition) is 6. The van der Waals surface area contributed by atoms with Crippen molar-refractivity contribution in [3.63, 3.8) is 0 Å². The summed E-state index contributed by atoms with van der Waals surface area (Å²) >= 11 is 5.74. The zero-order valence-electron chi connectivity index (χ0n) is 15.7. The van der Waals surface area contributed by atoms with Gasteiger partial charge in [0.1, 0.15) is 17.0 Å². The van der Waals surface area contributed by atoms with E-state index in [4.69, 9.17) is 26.8 Å². The van der Waals surface area contributed by atoms with Crippen LogP contribution in [0.1, 0.15) is 39.3 Å². The van der Waals surface area contributed by atoms with Crippen molar-refractivity contribution >= 4 is 17.7 Å². The van der Waals surface area contributed by atoms with E-state index in [1.165, 1.54) is 24.4 Å². The highest BCUT2D eigenvalue weighted by Crippen LogP contribution is 2.31. The summed E-state index contributed by atoms with van der Waals surface area (Å²) in [6.07, 6.45) is -1.86. The van der Waals surface area contributed by atoms with Gasteiger partial charge >= 0.3 is 6.09 Å². The molecule has 0 aliphatic heterocycles. The maximum atomic E-state index is 13.5. The van der Waals surface area contributed by atoms with Crippen LogP contribution in [0.4, 0.5) is 13.6 Å². The minimum Gasteiger partial charge on any atom is -0.491 e. The molecule has 0 saturated heterocycles. The van der Waals surface area contributed by atoms with E-state index in [1.807, 2.05) is 6.92 Å². The predicted octanol–water partition coefficient (Wildman–Crippen LogP) is 4.41. The Hall–Kier alpha value is -2.55. The van der Waals surface area contributed by atoms with E-state index in [0.29, 0.717) is 12.1 Å². The van der Waals surface area contributed by atoms with Gasteiger partial charge in [-0.2, -0.15) is 0 Å². The Balaban J connectivity index is 2.12.